The highest BCUT2D eigenvalue weighted by molar-refractivity contribution is 5.57. The van der Waals surface area contributed by atoms with E-state index in [1.54, 1.807) is 0 Å². The van der Waals surface area contributed by atoms with Crippen LogP contribution in [0.3, 0.4) is 0 Å². The van der Waals surface area contributed by atoms with E-state index in [1.165, 1.54) is 17.8 Å². The van der Waals surface area contributed by atoms with Crippen LogP contribution >= 0.6 is 0 Å². The molecule has 17 heavy (non-hydrogen) atoms. The normalized spacial score (nSPS) is 10.3. The largest absolute Gasteiger partial charge is 0.396 e. The summed E-state index contributed by atoms with van der Waals surface area (Å²) < 4.78 is 0. The van der Waals surface area contributed by atoms with Crippen LogP contribution in [0.1, 0.15) is 25.7 Å². The Balaban J connectivity index is 2.24. The van der Waals surface area contributed by atoms with Crippen molar-refractivity contribution in [3.8, 4) is 0 Å². The first-order valence-electron chi connectivity index (χ1n) is 6.36. The Morgan fingerprint density at radius 1 is 1.12 bits per heavy atom. The van der Waals surface area contributed by atoms with Gasteiger partial charge in [0.1, 0.15) is 0 Å². The van der Waals surface area contributed by atoms with Crippen molar-refractivity contribution >= 4 is 11.4 Å². The summed E-state index contributed by atoms with van der Waals surface area (Å²) in [4.78, 5) is 2.10. The molecule has 1 aromatic carbocycles. The Morgan fingerprint density at radius 3 is 2.59 bits per heavy atom. The third-order valence-electron chi connectivity index (χ3n) is 2.78. The number of nitrogens with zero attached hydrogens (tertiary/aromatic N) is 1. The van der Waals surface area contributed by atoms with Crippen molar-refractivity contribution in [1.82, 2.24) is 0 Å². The number of aliphatic hydroxyl groups excluding tert-OH is 1. The highest BCUT2D eigenvalue weighted by Crippen LogP contribution is 2.17. The van der Waals surface area contributed by atoms with Crippen molar-refractivity contribution in [3.63, 3.8) is 0 Å². The van der Waals surface area contributed by atoms with Crippen molar-refractivity contribution in [2.24, 2.45) is 0 Å². The molecule has 1 aromatic rings. The zero-order valence-corrected chi connectivity index (χ0v) is 10.9. The number of benzene rings is 1. The van der Waals surface area contributed by atoms with E-state index in [0.29, 0.717) is 6.61 Å². The number of hydrogen-bond acceptors (Lipinski definition) is 3. The molecular formula is C14H24N2O. The first-order chi connectivity index (χ1) is 8.24. The SMILES string of the molecule is CN(C)c1cccc(NCCCCCCO)c1. The number of unbranched alkanes of at least 4 members (excludes halogenated alkanes) is 3. The summed E-state index contributed by atoms with van der Waals surface area (Å²) in [7, 11) is 4.10. The number of hydrogen-bond donors (Lipinski definition) is 2. The van der Waals surface area contributed by atoms with Gasteiger partial charge in [0.25, 0.3) is 0 Å². The van der Waals surface area contributed by atoms with Gasteiger partial charge in [-0.25, -0.2) is 0 Å². The van der Waals surface area contributed by atoms with Crippen LogP contribution in [0, 0.1) is 0 Å². The Bertz CT molecular complexity index is 313. The van der Waals surface area contributed by atoms with Gasteiger partial charge in [-0.2, -0.15) is 0 Å². The van der Waals surface area contributed by atoms with Crippen molar-refractivity contribution in [2.75, 3.05) is 37.5 Å². The van der Waals surface area contributed by atoms with Crippen LogP contribution < -0.4 is 10.2 Å². The minimum absolute atomic E-state index is 0.318. The summed E-state index contributed by atoms with van der Waals surface area (Å²) in [5, 5.41) is 12.1. The Hall–Kier alpha value is -1.22. The summed E-state index contributed by atoms with van der Waals surface area (Å²) in [5.41, 5.74) is 2.40. The molecule has 0 spiro atoms. The zero-order chi connectivity index (χ0) is 12.5. The third kappa shape index (κ3) is 5.59. The minimum atomic E-state index is 0.318. The van der Waals surface area contributed by atoms with Gasteiger partial charge in [0.2, 0.25) is 0 Å². The highest BCUT2D eigenvalue weighted by atomic mass is 16.2. The van der Waals surface area contributed by atoms with E-state index < -0.39 is 0 Å². The fourth-order valence-corrected chi connectivity index (χ4v) is 1.72. The quantitative estimate of drug-likeness (QED) is 0.681. The minimum Gasteiger partial charge on any atom is -0.396 e. The number of anilines is 2. The van der Waals surface area contributed by atoms with Gasteiger partial charge >= 0.3 is 0 Å². The average Bonchev–Trinajstić information content (AvgIpc) is 2.34. The molecule has 3 nitrogen and oxygen atoms in total. The first-order valence-corrected chi connectivity index (χ1v) is 6.36. The molecule has 0 fully saturated rings. The molecule has 0 atom stereocenters. The highest BCUT2D eigenvalue weighted by Gasteiger charge is 1.97. The molecule has 0 aliphatic rings. The fourth-order valence-electron chi connectivity index (χ4n) is 1.72. The summed E-state index contributed by atoms with van der Waals surface area (Å²) in [6.45, 7) is 1.32. The topological polar surface area (TPSA) is 35.5 Å². The van der Waals surface area contributed by atoms with E-state index in [1.807, 2.05) is 14.1 Å². The molecule has 2 N–H and O–H groups in total. The van der Waals surface area contributed by atoms with E-state index in [9.17, 15) is 0 Å². The molecule has 0 saturated carbocycles. The molecule has 1 rings (SSSR count). The van der Waals surface area contributed by atoms with Gasteiger partial charge in [-0.3, -0.25) is 0 Å². The van der Waals surface area contributed by atoms with E-state index in [-0.39, 0.29) is 0 Å². The van der Waals surface area contributed by atoms with E-state index in [2.05, 4.69) is 34.5 Å². The van der Waals surface area contributed by atoms with Crippen LogP contribution in [0.5, 0.6) is 0 Å². The molecule has 0 bridgehead atoms. The summed E-state index contributed by atoms with van der Waals surface area (Å²) >= 11 is 0. The maximum absolute atomic E-state index is 8.66. The Kier molecular flexibility index (Phi) is 6.48. The predicted octanol–water partition coefficient (Wildman–Crippen LogP) is 2.72. The van der Waals surface area contributed by atoms with Crippen molar-refractivity contribution in [3.05, 3.63) is 24.3 Å². The molecule has 3 heteroatoms. The summed E-state index contributed by atoms with van der Waals surface area (Å²) in [5.74, 6) is 0. The molecule has 0 unspecified atom stereocenters. The summed E-state index contributed by atoms with van der Waals surface area (Å²) in [6.07, 6.45) is 4.39. The molecule has 0 amide bonds. The molecule has 0 aromatic heterocycles. The second kappa shape index (κ2) is 7.96. The van der Waals surface area contributed by atoms with Gasteiger partial charge in [0.05, 0.1) is 0 Å². The summed E-state index contributed by atoms with van der Waals surface area (Å²) in [6, 6.07) is 8.43. The number of rotatable bonds is 8. The number of nitrogens with one attached hydrogen (secondary N) is 1. The first kappa shape index (κ1) is 13.8. The zero-order valence-electron chi connectivity index (χ0n) is 10.9. The second-order valence-corrected chi connectivity index (χ2v) is 4.51. The molecule has 0 saturated heterocycles. The van der Waals surface area contributed by atoms with Crippen LogP contribution in [-0.4, -0.2) is 32.4 Å². The van der Waals surface area contributed by atoms with Gasteiger partial charge in [-0.1, -0.05) is 18.9 Å². The molecular weight excluding hydrogens is 212 g/mol. The fraction of sp³-hybridized carbons (Fsp3) is 0.571. The molecule has 0 radical (unpaired) electrons. The van der Waals surface area contributed by atoms with Gasteiger partial charge in [-0.15, -0.1) is 0 Å². The van der Waals surface area contributed by atoms with Crippen LogP contribution in [0.4, 0.5) is 11.4 Å². The lowest BCUT2D eigenvalue weighted by Gasteiger charge is -2.14. The Labute approximate surface area is 104 Å². The van der Waals surface area contributed by atoms with Crippen LogP contribution in [-0.2, 0) is 0 Å². The smallest absolute Gasteiger partial charge is 0.0431 e. The standard InChI is InChI=1S/C14H24N2O/c1-16(2)14-9-7-8-13(12-14)15-10-5-3-4-6-11-17/h7-9,12,15,17H,3-6,10-11H2,1-2H3. The lowest BCUT2D eigenvalue weighted by molar-refractivity contribution is 0.283. The lowest BCUT2D eigenvalue weighted by Crippen LogP contribution is -2.09. The van der Waals surface area contributed by atoms with Crippen molar-refractivity contribution in [1.29, 1.82) is 0 Å². The third-order valence-corrected chi connectivity index (χ3v) is 2.78. The predicted molar refractivity (Wildman–Crippen MR) is 74.8 cm³/mol. The molecule has 96 valence electrons. The van der Waals surface area contributed by atoms with Gasteiger partial charge < -0.3 is 15.3 Å². The second-order valence-electron chi connectivity index (χ2n) is 4.51. The monoisotopic (exact) mass is 236 g/mol. The molecule has 0 heterocycles. The van der Waals surface area contributed by atoms with Crippen molar-refractivity contribution in [2.45, 2.75) is 25.7 Å². The van der Waals surface area contributed by atoms with E-state index in [4.69, 9.17) is 5.11 Å². The maximum Gasteiger partial charge on any atom is 0.0431 e. The maximum atomic E-state index is 8.66. The van der Waals surface area contributed by atoms with E-state index >= 15 is 0 Å². The Morgan fingerprint density at radius 2 is 1.88 bits per heavy atom. The number of aliphatic hydroxyl groups is 1. The lowest BCUT2D eigenvalue weighted by atomic mass is 10.2. The average molecular weight is 236 g/mol. The van der Waals surface area contributed by atoms with Crippen LogP contribution in [0.2, 0.25) is 0 Å². The molecule has 0 aliphatic carbocycles. The van der Waals surface area contributed by atoms with Gasteiger partial charge in [0, 0.05) is 38.6 Å². The van der Waals surface area contributed by atoms with Crippen LogP contribution in [0.25, 0.3) is 0 Å². The van der Waals surface area contributed by atoms with Crippen LogP contribution in [0.15, 0.2) is 24.3 Å². The van der Waals surface area contributed by atoms with Crippen molar-refractivity contribution < 1.29 is 5.11 Å². The molecule has 0 aliphatic heterocycles. The van der Waals surface area contributed by atoms with Gasteiger partial charge in [-0.05, 0) is 31.0 Å². The van der Waals surface area contributed by atoms with Gasteiger partial charge in [0.15, 0.2) is 0 Å². The van der Waals surface area contributed by atoms with E-state index in [0.717, 1.165) is 25.8 Å².